The number of nitrogens with zero attached hydrogens (tertiary/aromatic N) is 3. The average Bonchev–Trinajstić information content (AvgIpc) is 2.81. The Bertz CT molecular complexity index is 512. The molecule has 0 radical (unpaired) electrons. The summed E-state index contributed by atoms with van der Waals surface area (Å²) in [6, 6.07) is 5.94. The first-order chi connectivity index (χ1) is 10.1. The third-order valence-corrected chi connectivity index (χ3v) is 4.37. The van der Waals surface area contributed by atoms with Gasteiger partial charge in [-0.2, -0.15) is 0 Å². The number of piperidine rings is 1. The van der Waals surface area contributed by atoms with E-state index in [-0.39, 0.29) is 12.2 Å². The third-order valence-electron chi connectivity index (χ3n) is 4.37. The standard InChI is InChI=1S/C16H23N3O2/c1-12-11-19(16(20)21-12)15-5-3-4-14(17-15)10-13-6-8-18(2)9-7-13/h3-5,12-13H,6-11H2,1-2H3/t12-/m1/s1. The lowest BCUT2D eigenvalue weighted by Gasteiger charge is -2.28. The lowest BCUT2D eigenvalue weighted by atomic mass is 9.92. The fourth-order valence-corrected chi connectivity index (χ4v) is 3.08. The highest BCUT2D eigenvalue weighted by atomic mass is 16.6. The van der Waals surface area contributed by atoms with Gasteiger partial charge in [-0.3, -0.25) is 4.90 Å². The van der Waals surface area contributed by atoms with Crippen LogP contribution in [0.1, 0.15) is 25.5 Å². The minimum atomic E-state index is -0.286. The van der Waals surface area contributed by atoms with Gasteiger partial charge in [-0.15, -0.1) is 0 Å². The van der Waals surface area contributed by atoms with E-state index in [0.717, 1.165) is 17.9 Å². The van der Waals surface area contributed by atoms with Crippen molar-refractivity contribution in [3.63, 3.8) is 0 Å². The Morgan fingerprint density at radius 3 is 2.76 bits per heavy atom. The molecule has 2 aliphatic heterocycles. The van der Waals surface area contributed by atoms with Crippen LogP contribution in [0.3, 0.4) is 0 Å². The normalized spacial score (nSPS) is 24.4. The SMILES string of the molecule is C[C@@H]1CN(c2cccc(CC3CCN(C)CC3)n2)C(=O)O1. The number of aromatic nitrogens is 1. The van der Waals surface area contributed by atoms with Gasteiger partial charge in [0.05, 0.1) is 6.54 Å². The molecule has 0 unspecified atom stereocenters. The van der Waals surface area contributed by atoms with E-state index in [4.69, 9.17) is 4.74 Å². The van der Waals surface area contributed by atoms with Crippen molar-refractivity contribution in [1.29, 1.82) is 0 Å². The third kappa shape index (κ3) is 3.35. The molecule has 0 bridgehead atoms. The van der Waals surface area contributed by atoms with Crippen LogP contribution in [-0.2, 0) is 11.2 Å². The van der Waals surface area contributed by atoms with Crippen LogP contribution in [0.4, 0.5) is 10.6 Å². The van der Waals surface area contributed by atoms with Crippen LogP contribution in [0, 0.1) is 5.92 Å². The second kappa shape index (κ2) is 6.02. The van der Waals surface area contributed by atoms with Gasteiger partial charge < -0.3 is 9.64 Å². The molecule has 21 heavy (non-hydrogen) atoms. The summed E-state index contributed by atoms with van der Waals surface area (Å²) in [5.74, 6) is 1.42. The van der Waals surface area contributed by atoms with E-state index in [1.54, 1.807) is 4.90 Å². The molecule has 5 heteroatoms. The first kappa shape index (κ1) is 14.3. The zero-order valence-electron chi connectivity index (χ0n) is 12.8. The summed E-state index contributed by atoms with van der Waals surface area (Å²) in [5, 5.41) is 0. The summed E-state index contributed by atoms with van der Waals surface area (Å²) < 4.78 is 5.17. The van der Waals surface area contributed by atoms with Crippen LogP contribution in [-0.4, -0.2) is 48.8 Å². The van der Waals surface area contributed by atoms with Gasteiger partial charge in [-0.1, -0.05) is 6.07 Å². The Hall–Kier alpha value is -1.62. The Kier molecular flexibility index (Phi) is 4.10. The van der Waals surface area contributed by atoms with Gasteiger partial charge in [0, 0.05) is 5.69 Å². The number of ether oxygens (including phenoxy) is 1. The van der Waals surface area contributed by atoms with E-state index >= 15 is 0 Å². The van der Waals surface area contributed by atoms with Gasteiger partial charge in [0.1, 0.15) is 11.9 Å². The molecule has 0 spiro atoms. The summed E-state index contributed by atoms with van der Waals surface area (Å²) in [6.45, 7) is 4.82. The van der Waals surface area contributed by atoms with Gasteiger partial charge in [-0.25, -0.2) is 9.78 Å². The fraction of sp³-hybridized carbons (Fsp3) is 0.625. The van der Waals surface area contributed by atoms with E-state index in [2.05, 4.69) is 23.0 Å². The van der Waals surface area contributed by atoms with Crippen molar-refractivity contribution in [2.75, 3.05) is 31.6 Å². The molecular formula is C16H23N3O2. The van der Waals surface area contributed by atoms with E-state index < -0.39 is 0 Å². The monoisotopic (exact) mass is 289 g/mol. The van der Waals surface area contributed by atoms with Crippen LogP contribution in [0.2, 0.25) is 0 Å². The van der Waals surface area contributed by atoms with E-state index in [1.807, 2.05) is 19.1 Å². The highest BCUT2D eigenvalue weighted by Gasteiger charge is 2.30. The molecule has 0 saturated carbocycles. The topological polar surface area (TPSA) is 45.7 Å². The van der Waals surface area contributed by atoms with Crippen molar-refractivity contribution in [1.82, 2.24) is 9.88 Å². The minimum absolute atomic E-state index is 0.0585. The highest BCUT2D eigenvalue weighted by molar-refractivity contribution is 5.88. The van der Waals surface area contributed by atoms with Gasteiger partial charge in [-0.05, 0) is 64.4 Å². The van der Waals surface area contributed by atoms with Gasteiger partial charge >= 0.3 is 6.09 Å². The number of carbonyl (C=O) groups excluding carboxylic acids is 1. The number of carbonyl (C=O) groups is 1. The maximum Gasteiger partial charge on any atom is 0.415 e. The van der Waals surface area contributed by atoms with Crippen LogP contribution in [0.15, 0.2) is 18.2 Å². The minimum Gasteiger partial charge on any atom is -0.444 e. The second-order valence-corrected chi connectivity index (χ2v) is 6.24. The molecule has 5 nitrogen and oxygen atoms in total. The smallest absolute Gasteiger partial charge is 0.415 e. The number of hydrogen-bond donors (Lipinski definition) is 0. The Balaban J connectivity index is 1.67. The molecule has 3 heterocycles. The van der Waals surface area contributed by atoms with Crippen LogP contribution < -0.4 is 4.90 Å². The van der Waals surface area contributed by atoms with Gasteiger partial charge in [0.15, 0.2) is 0 Å². The summed E-state index contributed by atoms with van der Waals surface area (Å²) in [6.07, 6.45) is 3.11. The molecule has 0 aromatic carbocycles. The molecule has 2 fully saturated rings. The molecule has 114 valence electrons. The fourth-order valence-electron chi connectivity index (χ4n) is 3.08. The Morgan fingerprint density at radius 1 is 1.33 bits per heavy atom. The molecule has 1 aromatic heterocycles. The number of amides is 1. The molecule has 1 aromatic rings. The molecule has 0 aliphatic carbocycles. The molecule has 2 aliphatic rings. The van der Waals surface area contributed by atoms with Crippen molar-refractivity contribution in [3.05, 3.63) is 23.9 Å². The Labute approximate surface area is 125 Å². The van der Waals surface area contributed by atoms with Gasteiger partial charge in [0.2, 0.25) is 0 Å². The Morgan fingerprint density at radius 2 is 2.10 bits per heavy atom. The number of cyclic esters (lactones) is 1. The van der Waals surface area contributed by atoms with Crippen LogP contribution in [0.5, 0.6) is 0 Å². The molecular weight excluding hydrogens is 266 g/mol. The number of pyridine rings is 1. The predicted octanol–water partition coefficient (Wildman–Crippen LogP) is 2.31. The zero-order valence-corrected chi connectivity index (χ0v) is 12.8. The quantitative estimate of drug-likeness (QED) is 0.856. The zero-order chi connectivity index (χ0) is 14.8. The first-order valence-corrected chi connectivity index (χ1v) is 7.74. The van der Waals surface area contributed by atoms with Crippen molar-refractivity contribution in [2.45, 2.75) is 32.3 Å². The summed E-state index contributed by atoms with van der Waals surface area (Å²) in [5.41, 5.74) is 1.08. The average molecular weight is 289 g/mol. The lowest BCUT2D eigenvalue weighted by Crippen LogP contribution is -2.31. The molecule has 0 N–H and O–H groups in total. The van der Waals surface area contributed by atoms with Crippen LogP contribution in [0.25, 0.3) is 0 Å². The number of anilines is 1. The predicted molar refractivity (Wildman–Crippen MR) is 81.5 cm³/mol. The summed E-state index contributed by atoms with van der Waals surface area (Å²) in [4.78, 5) is 20.4. The van der Waals surface area contributed by atoms with Gasteiger partial charge in [0.25, 0.3) is 0 Å². The number of hydrogen-bond acceptors (Lipinski definition) is 4. The first-order valence-electron chi connectivity index (χ1n) is 7.74. The molecule has 3 rings (SSSR count). The van der Waals surface area contributed by atoms with Crippen molar-refractivity contribution in [3.8, 4) is 0 Å². The lowest BCUT2D eigenvalue weighted by molar-refractivity contribution is 0.150. The van der Waals surface area contributed by atoms with Crippen molar-refractivity contribution < 1.29 is 9.53 Å². The van der Waals surface area contributed by atoms with Crippen molar-refractivity contribution >= 4 is 11.9 Å². The molecule has 1 atom stereocenters. The number of likely N-dealkylation sites (tertiary alicyclic amines) is 1. The maximum absolute atomic E-state index is 11.8. The van der Waals surface area contributed by atoms with Crippen molar-refractivity contribution in [2.24, 2.45) is 5.92 Å². The highest BCUT2D eigenvalue weighted by Crippen LogP contribution is 2.23. The maximum atomic E-state index is 11.8. The summed E-state index contributed by atoms with van der Waals surface area (Å²) in [7, 11) is 2.18. The summed E-state index contributed by atoms with van der Waals surface area (Å²) >= 11 is 0. The largest absolute Gasteiger partial charge is 0.444 e. The molecule has 2 saturated heterocycles. The van der Waals surface area contributed by atoms with E-state index in [9.17, 15) is 4.79 Å². The molecule has 1 amide bonds. The van der Waals surface area contributed by atoms with Crippen LogP contribution >= 0.6 is 0 Å². The van der Waals surface area contributed by atoms with E-state index in [1.165, 1.54) is 25.9 Å². The number of rotatable bonds is 3. The van der Waals surface area contributed by atoms with E-state index in [0.29, 0.717) is 12.5 Å². The second-order valence-electron chi connectivity index (χ2n) is 6.24.